The van der Waals surface area contributed by atoms with Gasteiger partial charge in [-0.1, -0.05) is 179 Å². The van der Waals surface area contributed by atoms with E-state index in [1.54, 1.807) is 0 Å². The number of phosphoric ester groups is 1. The molecule has 6 N–H and O–H groups in total. The standard InChI is InChI=1S/C47H87O13P/c1-3-5-7-9-11-13-15-17-19-20-22-24-26-28-30-32-34-36-41(49)59-39(38-58-61(55,56)60-47-45(53)43(51)42(50)44(52)46(47)54)37-57-40(48)35-33-31-29-27-25-23-21-18-16-14-12-10-8-6-4-2/h14,16,18,21,39,42-47,50-54H,3-13,15,17,19-20,22-38H2,1-2H3,(H,55,56)/b16-14+,21-18+/t39-,42?,43+,44?,45?,46?,47?/m1/s1. The highest BCUT2D eigenvalue weighted by molar-refractivity contribution is 7.47. The quantitative estimate of drug-likeness (QED) is 0.0147. The van der Waals surface area contributed by atoms with Crippen molar-refractivity contribution in [3.8, 4) is 0 Å². The van der Waals surface area contributed by atoms with Crippen LogP contribution in [0.25, 0.3) is 0 Å². The summed E-state index contributed by atoms with van der Waals surface area (Å²) in [5.41, 5.74) is 0. The topological polar surface area (TPSA) is 210 Å². The highest BCUT2D eigenvalue weighted by atomic mass is 31.2. The van der Waals surface area contributed by atoms with Gasteiger partial charge in [0.25, 0.3) is 0 Å². The fourth-order valence-electron chi connectivity index (χ4n) is 7.40. The van der Waals surface area contributed by atoms with E-state index in [0.29, 0.717) is 12.8 Å². The van der Waals surface area contributed by atoms with Crippen molar-refractivity contribution in [1.82, 2.24) is 0 Å². The van der Waals surface area contributed by atoms with E-state index in [4.69, 9.17) is 18.5 Å². The van der Waals surface area contributed by atoms with Gasteiger partial charge in [-0.15, -0.1) is 0 Å². The van der Waals surface area contributed by atoms with E-state index < -0.39 is 75.7 Å². The number of unbranched alkanes of at least 4 members (excludes halogenated alkanes) is 25. The lowest BCUT2D eigenvalue weighted by atomic mass is 9.85. The second-order valence-electron chi connectivity index (χ2n) is 17.0. The zero-order valence-corrected chi connectivity index (χ0v) is 38.9. The smallest absolute Gasteiger partial charge is 0.462 e. The van der Waals surface area contributed by atoms with Gasteiger partial charge in [-0.2, -0.15) is 0 Å². The summed E-state index contributed by atoms with van der Waals surface area (Å²) >= 11 is 0. The Hall–Kier alpha value is -1.67. The van der Waals surface area contributed by atoms with Crippen LogP contribution in [0.2, 0.25) is 0 Å². The molecule has 1 aliphatic rings. The number of ether oxygens (including phenoxy) is 2. The largest absolute Gasteiger partial charge is 0.472 e. The van der Waals surface area contributed by atoms with Crippen LogP contribution in [0.3, 0.4) is 0 Å². The second kappa shape index (κ2) is 37.7. The Labute approximate surface area is 368 Å². The number of aliphatic hydroxyl groups excluding tert-OH is 5. The molecule has 0 aromatic rings. The average Bonchev–Trinajstić information content (AvgIpc) is 3.24. The summed E-state index contributed by atoms with van der Waals surface area (Å²) in [6.07, 6.45) is 28.0. The van der Waals surface area contributed by atoms with Crippen molar-refractivity contribution in [3.05, 3.63) is 24.3 Å². The summed E-state index contributed by atoms with van der Waals surface area (Å²) in [7, 11) is -5.12. The molecule has 61 heavy (non-hydrogen) atoms. The molecular weight excluding hydrogens is 803 g/mol. The summed E-state index contributed by atoms with van der Waals surface area (Å²) in [4.78, 5) is 35.7. The number of carbonyl (C=O) groups excluding carboxylic acids is 2. The first-order valence-electron chi connectivity index (χ1n) is 24.2. The summed E-state index contributed by atoms with van der Waals surface area (Å²) in [5, 5.41) is 50.2. The third-order valence-corrected chi connectivity index (χ3v) is 12.3. The Bertz CT molecular complexity index is 1170. The van der Waals surface area contributed by atoms with E-state index in [2.05, 4.69) is 38.2 Å². The SMILES string of the molecule is CCCCCC/C=C/C=C/CCCCCCCC(=O)OC[C@H](COP(=O)(O)OC1C(O)C(O)C(O)[C@H](O)C1O)OC(=O)CCCCCCCCCCCCCCCCCCC. The average molecular weight is 891 g/mol. The molecule has 8 atom stereocenters. The van der Waals surface area contributed by atoms with Crippen LogP contribution in [0.1, 0.15) is 206 Å². The first kappa shape index (κ1) is 57.3. The maximum Gasteiger partial charge on any atom is 0.472 e. The predicted octanol–water partition coefficient (Wildman–Crippen LogP) is 9.62. The van der Waals surface area contributed by atoms with Crippen LogP contribution in [-0.2, 0) is 32.7 Å². The Morgan fingerprint density at radius 2 is 0.869 bits per heavy atom. The van der Waals surface area contributed by atoms with Gasteiger partial charge < -0.3 is 39.9 Å². The van der Waals surface area contributed by atoms with E-state index in [9.17, 15) is 44.6 Å². The first-order chi connectivity index (χ1) is 29.4. The number of esters is 2. The van der Waals surface area contributed by atoms with E-state index in [-0.39, 0.29) is 12.8 Å². The van der Waals surface area contributed by atoms with Gasteiger partial charge in [0.05, 0.1) is 6.61 Å². The molecule has 0 aromatic heterocycles. The third-order valence-electron chi connectivity index (χ3n) is 11.3. The number of aliphatic hydroxyl groups is 5. The molecule has 13 nitrogen and oxygen atoms in total. The molecule has 0 radical (unpaired) electrons. The highest BCUT2D eigenvalue weighted by Crippen LogP contribution is 2.47. The van der Waals surface area contributed by atoms with Gasteiger partial charge in [0.1, 0.15) is 43.2 Å². The molecule has 1 saturated carbocycles. The normalized spacial score (nSPS) is 22.2. The van der Waals surface area contributed by atoms with Crippen molar-refractivity contribution >= 4 is 19.8 Å². The van der Waals surface area contributed by atoms with Gasteiger partial charge in [0.15, 0.2) is 6.10 Å². The molecule has 1 fully saturated rings. The summed E-state index contributed by atoms with van der Waals surface area (Å²) in [5.74, 6) is -1.11. The molecule has 0 spiro atoms. The summed E-state index contributed by atoms with van der Waals surface area (Å²) in [6.45, 7) is 3.28. The zero-order chi connectivity index (χ0) is 45.0. The van der Waals surface area contributed by atoms with Crippen molar-refractivity contribution in [3.63, 3.8) is 0 Å². The van der Waals surface area contributed by atoms with Gasteiger partial charge in [-0.05, 0) is 38.5 Å². The minimum Gasteiger partial charge on any atom is -0.462 e. The Kier molecular flexibility index (Phi) is 35.4. The Balaban J connectivity index is 2.44. The number of hydrogen-bond donors (Lipinski definition) is 6. The molecule has 1 rings (SSSR count). The molecule has 0 bridgehead atoms. The van der Waals surface area contributed by atoms with Crippen molar-refractivity contribution in [1.29, 1.82) is 0 Å². The minimum absolute atomic E-state index is 0.0977. The Morgan fingerprint density at radius 3 is 1.31 bits per heavy atom. The summed E-state index contributed by atoms with van der Waals surface area (Å²) < 4.78 is 33.6. The lowest BCUT2D eigenvalue weighted by molar-refractivity contribution is -0.220. The molecule has 0 aliphatic heterocycles. The number of hydrogen-bond acceptors (Lipinski definition) is 12. The van der Waals surface area contributed by atoms with Crippen LogP contribution in [0.5, 0.6) is 0 Å². The van der Waals surface area contributed by atoms with E-state index in [1.165, 1.54) is 109 Å². The van der Waals surface area contributed by atoms with Crippen molar-refractivity contribution in [2.45, 2.75) is 249 Å². The third kappa shape index (κ3) is 30.2. The van der Waals surface area contributed by atoms with Crippen LogP contribution in [0.15, 0.2) is 24.3 Å². The van der Waals surface area contributed by atoms with Crippen LogP contribution < -0.4 is 0 Å². The lowest BCUT2D eigenvalue weighted by Crippen LogP contribution is -2.64. The fraction of sp³-hybridized carbons (Fsp3) is 0.872. The number of carbonyl (C=O) groups is 2. The molecule has 0 amide bonds. The monoisotopic (exact) mass is 891 g/mol. The van der Waals surface area contributed by atoms with Crippen molar-refractivity contribution < 1.29 is 63.1 Å². The minimum atomic E-state index is -5.12. The maximum atomic E-state index is 12.8. The van der Waals surface area contributed by atoms with Gasteiger partial charge in [-0.25, -0.2) is 4.57 Å². The molecule has 0 heterocycles. The second-order valence-corrected chi connectivity index (χ2v) is 18.4. The Morgan fingerprint density at radius 1 is 0.508 bits per heavy atom. The molecule has 0 aromatic carbocycles. The highest BCUT2D eigenvalue weighted by Gasteiger charge is 2.51. The first-order valence-corrected chi connectivity index (χ1v) is 25.7. The summed E-state index contributed by atoms with van der Waals surface area (Å²) in [6, 6.07) is 0. The van der Waals surface area contributed by atoms with Crippen molar-refractivity contribution in [2.75, 3.05) is 13.2 Å². The molecular formula is C47H87O13P. The predicted molar refractivity (Wildman–Crippen MR) is 240 cm³/mol. The van der Waals surface area contributed by atoms with Crippen LogP contribution in [0.4, 0.5) is 0 Å². The van der Waals surface area contributed by atoms with Gasteiger partial charge >= 0.3 is 19.8 Å². The maximum absolute atomic E-state index is 12.8. The number of allylic oxidation sites excluding steroid dienone is 4. The van der Waals surface area contributed by atoms with E-state index in [1.807, 2.05) is 0 Å². The van der Waals surface area contributed by atoms with E-state index in [0.717, 1.165) is 57.8 Å². The number of rotatable bonds is 40. The molecule has 1 aliphatic carbocycles. The molecule has 0 saturated heterocycles. The molecule has 6 unspecified atom stereocenters. The molecule has 14 heteroatoms. The van der Waals surface area contributed by atoms with Gasteiger partial charge in [0.2, 0.25) is 0 Å². The van der Waals surface area contributed by atoms with Crippen LogP contribution >= 0.6 is 7.82 Å². The lowest BCUT2D eigenvalue weighted by Gasteiger charge is -2.41. The fourth-order valence-corrected chi connectivity index (χ4v) is 8.37. The van der Waals surface area contributed by atoms with Crippen molar-refractivity contribution in [2.24, 2.45) is 0 Å². The zero-order valence-electron chi connectivity index (χ0n) is 38.0. The van der Waals surface area contributed by atoms with E-state index >= 15 is 0 Å². The van der Waals surface area contributed by atoms with Crippen LogP contribution in [0, 0.1) is 0 Å². The van der Waals surface area contributed by atoms with Crippen LogP contribution in [-0.4, -0.2) is 98.3 Å². The van der Waals surface area contributed by atoms with Gasteiger partial charge in [-0.3, -0.25) is 18.6 Å². The number of phosphoric acid groups is 1. The van der Waals surface area contributed by atoms with Gasteiger partial charge in [0, 0.05) is 12.8 Å². The molecule has 358 valence electrons.